The van der Waals surface area contributed by atoms with Gasteiger partial charge in [-0.15, -0.1) is 0 Å². The zero-order valence-electron chi connectivity index (χ0n) is 32.5. The average molecular weight is 1180 g/mol. The maximum absolute atomic E-state index is 14.6. The molecule has 15 heteroatoms. The number of ether oxygens (including phenoxy) is 4. The number of ketones is 1. The fourth-order valence-electron chi connectivity index (χ4n) is 8.77. The Morgan fingerprint density at radius 2 is 1.65 bits per heavy atom. The summed E-state index contributed by atoms with van der Waals surface area (Å²) in [6.07, 6.45) is -6.72. The Balaban J connectivity index is 0.00000392. The first kappa shape index (κ1) is 47.6. The normalized spacial score (nSPS) is 33.6. The monoisotopic (exact) mass is 1180 g/mol. The molecule has 5 rings (SSSR count). The number of rotatable bonds is 7. The van der Waals surface area contributed by atoms with Crippen molar-refractivity contribution in [2.75, 3.05) is 6.61 Å². The molecule has 1 amide bonds. The van der Waals surface area contributed by atoms with Gasteiger partial charge in [-0.2, -0.15) is 0 Å². The Labute approximate surface area is 388 Å². The van der Waals surface area contributed by atoms with Gasteiger partial charge in [-0.25, -0.2) is 14.4 Å². The Morgan fingerprint density at radius 1 is 1.04 bits per heavy atom. The summed E-state index contributed by atoms with van der Waals surface area (Å²) >= 11 is 0. The van der Waals surface area contributed by atoms with Gasteiger partial charge in [0.2, 0.25) is 0 Å². The topological polar surface area (TPSA) is 198 Å². The summed E-state index contributed by atoms with van der Waals surface area (Å²) in [5, 5.41) is 51.1. The van der Waals surface area contributed by atoms with Crippen LogP contribution in [0.1, 0.15) is 91.9 Å². The number of benzene rings is 1. The summed E-state index contributed by atoms with van der Waals surface area (Å²) in [7, 11) is 0. The van der Waals surface area contributed by atoms with Gasteiger partial charge in [-0.05, 0) is 77.7 Å². The van der Waals surface area contributed by atoms with E-state index in [1.807, 2.05) is 0 Å². The molecule has 2 radical (unpaired) electrons. The predicted molar refractivity (Wildman–Crippen MR) is 187 cm³/mol. The summed E-state index contributed by atoms with van der Waals surface area (Å²) in [6.45, 7) is 14.6. The van der Waals surface area contributed by atoms with Crippen molar-refractivity contribution >= 4 is 23.8 Å². The molecular formula is C39H53Ac2NO12. The van der Waals surface area contributed by atoms with Crippen LogP contribution in [0.2, 0.25) is 0 Å². The second-order valence-electron chi connectivity index (χ2n) is 16.8. The fourth-order valence-corrected chi connectivity index (χ4v) is 8.77. The second-order valence-corrected chi connectivity index (χ2v) is 16.8. The maximum atomic E-state index is 14.6. The van der Waals surface area contributed by atoms with Crippen LogP contribution < -0.4 is 5.32 Å². The van der Waals surface area contributed by atoms with Gasteiger partial charge in [0, 0.05) is 111 Å². The zero-order chi connectivity index (χ0) is 38.8. The predicted octanol–water partition coefficient (Wildman–Crippen LogP) is 3.31. The van der Waals surface area contributed by atoms with Crippen molar-refractivity contribution in [3.8, 4) is 0 Å². The van der Waals surface area contributed by atoms with Crippen molar-refractivity contribution in [2.24, 2.45) is 16.7 Å². The van der Waals surface area contributed by atoms with Gasteiger partial charge in [-0.1, -0.05) is 50.6 Å². The van der Waals surface area contributed by atoms with Gasteiger partial charge >= 0.3 is 18.0 Å². The Bertz CT molecular complexity index is 1670. The summed E-state index contributed by atoms with van der Waals surface area (Å²) in [5.41, 5.74) is -6.54. The third-order valence-corrected chi connectivity index (χ3v) is 11.5. The third-order valence-electron chi connectivity index (χ3n) is 11.5. The first-order valence-electron chi connectivity index (χ1n) is 17.8. The van der Waals surface area contributed by atoms with E-state index in [0.29, 0.717) is 12.0 Å². The number of carbonyl (C=O) groups is 4. The molecule has 0 unspecified atom stereocenters. The van der Waals surface area contributed by atoms with Crippen LogP contribution >= 0.6 is 0 Å². The van der Waals surface area contributed by atoms with E-state index >= 15 is 0 Å². The van der Waals surface area contributed by atoms with Gasteiger partial charge < -0.3 is 44.7 Å². The average Bonchev–Trinajstić information content (AvgIpc) is 3.03. The molecule has 5 N–H and O–H groups in total. The largest absolute Gasteiger partial charge is 0.456 e. The van der Waals surface area contributed by atoms with Crippen molar-refractivity contribution in [1.29, 1.82) is 0 Å². The number of Topliss-reactive ketones (excluding diaryl/α,β-unsaturated/α-hetero) is 1. The van der Waals surface area contributed by atoms with Crippen molar-refractivity contribution < 1.29 is 147 Å². The zero-order valence-corrected chi connectivity index (χ0v) is 42.0. The molecule has 54 heavy (non-hydrogen) atoms. The van der Waals surface area contributed by atoms with Gasteiger partial charge in [0.1, 0.15) is 35.1 Å². The summed E-state index contributed by atoms with van der Waals surface area (Å²) < 4.78 is 23.2. The Kier molecular flexibility index (Phi) is 15.2. The molecule has 1 aromatic rings. The molecule has 3 fully saturated rings. The van der Waals surface area contributed by atoms with Crippen LogP contribution in [0, 0.1) is 105 Å². The van der Waals surface area contributed by atoms with E-state index in [0.717, 1.165) is 0 Å². The van der Waals surface area contributed by atoms with E-state index in [2.05, 4.69) is 5.32 Å². The van der Waals surface area contributed by atoms with E-state index in [4.69, 9.17) is 18.9 Å². The molecule has 0 spiro atoms. The van der Waals surface area contributed by atoms with Crippen molar-refractivity contribution in [3.05, 3.63) is 58.7 Å². The molecule has 1 aromatic carbocycles. The molecule has 0 aromatic heterocycles. The minimum absolute atomic E-state index is 0. The van der Waals surface area contributed by atoms with Crippen molar-refractivity contribution in [2.45, 2.75) is 135 Å². The number of allylic oxidation sites excluding steroid dienone is 1. The standard InChI is InChI=1S/C39H53NO12.2Ac/c1-20(2)17-23(40-34(46)52-35(4,5)6)27(41)33(45)50-24-18-39(48)31(51-32(44)22-13-11-10-12-14-22)29-37(9,16-15-25-38(29,47)19-49-25)30(43)28(42)26(21(24)3)36(39,7)8;;/h10-14,17,23-25,27-29,31,41-42,47-48H,15-16,18-19H2,1-9H3,(H,40,46);;/t23-,24-,25+,27+,28+,29-,31-,37+,38-,39+;;/m0../s1. The number of esters is 2. The number of amides is 1. The van der Waals surface area contributed by atoms with Gasteiger partial charge in [0.15, 0.2) is 11.9 Å². The molecule has 3 aliphatic carbocycles. The maximum Gasteiger partial charge on any atom is 0.408 e. The minimum atomic E-state index is -2.17. The van der Waals surface area contributed by atoms with Crippen molar-refractivity contribution in [1.82, 2.24) is 5.32 Å². The number of aliphatic hydroxyl groups is 4. The molecule has 1 aliphatic heterocycles. The molecule has 1 heterocycles. The first-order valence-corrected chi connectivity index (χ1v) is 17.8. The van der Waals surface area contributed by atoms with Crippen LogP contribution in [0.3, 0.4) is 0 Å². The molecule has 292 valence electrons. The van der Waals surface area contributed by atoms with Gasteiger partial charge in [0.25, 0.3) is 0 Å². The third kappa shape index (κ3) is 8.66. The van der Waals surface area contributed by atoms with E-state index in [1.54, 1.807) is 80.5 Å². The Morgan fingerprint density at radius 3 is 2.19 bits per heavy atom. The SMILES string of the molecule is CC(C)=C[C@H](NC(=O)OC(C)(C)C)[C@@H](O)C(=O)O[C@H]1C[C@@]2(O)[C@@H](OC(=O)c3ccccc3)[C@@H]3[C@]4(O)CO[C@@H]4CC[C@@]3(C)C(=O)[C@H](O)C(=C1C)C2(C)C.[Ac].[Ac]. The van der Waals surface area contributed by atoms with Crippen LogP contribution in [-0.2, 0) is 28.5 Å². The van der Waals surface area contributed by atoms with Crippen LogP contribution in [0.5, 0.6) is 0 Å². The van der Waals surface area contributed by atoms with Gasteiger partial charge in [0.05, 0.1) is 24.3 Å². The van der Waals surface area contributed by atoms with Crippen LogP contribution in [-0.4, -0.2) is 104 Å². The number of carbonyl (C=O) groups excluding carboxylic acids is 4. The van der Waals surface area contributed by atoms with Crippen LogP contribution in [0.4, 0.5) is 4.79 Å². The van der Waals surface area contributed by atoms with E-state index in [1.165, 1.54) is 18.2 Å². The molecule has 10 atom stereocenters. The number of fused-ring (bicyclic) bond motifs is 5. The van der Waals surface area contributed by atoms with Gasteiger partial charge in [-0.3, -0.25) is 4.79 Å². The molecule has 4 aliphatic rings. The van der Waals surface area contributed by atoms with E-state index in [-0.39, 0.29) is 118 Å². The van der Waals surface area contributed by atoms with Crippen molar-refractivity contribution in [3.63, 3.8) is 0 Å². The quantitative estimate of drug-likeness (QED) is 0.152. The second kappa shape index (κ2) is 17.2. The molecule has 2 bridgehead atoms. The number of hydrogen-bond acceptors (Lipinski definition) is 12. The smallest absolute Gasteiger partial charge is 0.408 e. The Hall–Kier alpha value is -0.737. The summed E-state index contributed by atoms with van der Waals surface area (Å²) in [5.74, 6) is -3.87. The van der Waals surface area contributed by atoms with Crippen LogP contribution in [0.25, 0.3) is 0 Å². The number of hydrogen-bond donors (Lipinski definition) is 5. The molecule has 2 saturated carbocycles. The number of aliphatic hydroxyl groups excluding tert-OH is 2. The van der Waals surface area contributed by atoms with Crippen LogP contribution in [0.15, 0.2) is 53.1 Å². The summed E-state index contributed by atoms with van der Waals surface area (Å²) in [6, 6.07) is 6.82. The molecule has 13 nitrogen and oxygen atoms in total. The van der Waals surface area contributed by atoms with E-state index < -0.39 is 100 Å². The number of alkyl carbamates (subject to hydrolysis) is 1. The van der Waals surface area contributed by atoms with E-state index in [9.17, 15) is 39.6 Å². The summed E-state index contributed by atoms with van der Waals surface area (Å²) in [4.78, 5) is 54.8. The number of nitrogens with one attached hydrogen (secondary N) is 1. The molecular weight excluding hydrogens is 1130 g/mol. The fraction of sp³-hybridized carbons (Fsp3) is 0.641. The first-order chi connectivity index (χ1) is 24.0. The minimum Gasteiger partial charge on any atom is -0.456 e. The molecule has 1 saturated heterocycles.